The SMILES string of the molecule is Cc1c(C(=O)OCCc2ccccc2)sc2ncnc(Nc3ccc(C(C)(C)C)cc3)c12. The number of benzene rings is 2. The van der Waals surface area contributed by atoms with Gasteiger partial charge in [0, 0.05) is 12.1 Å². The molecule has 32 heavy (non-hydrogen) atoms. The Balaban J connectivity index is 1.52. The quantitative estimate of drug-likeness (QED) is 0.346. The van der Waals surface area contributed by atoms with Crippen molar-refractivity contribution in [2.45, 2.75) is 39.5 Å². The van der Waals surface area contributed by atoms with Crippen molar-refractivity contribution < 1.29 is 9.53 Å². The van der Waals surface area contributed by atoms with Gasteiger partial charge in [0.15, 0.2) is 0 Å². The lowest BCUT2D eigenvalue weighted by molar-refractivity contribution is 0.0514. The lowest BCUT2D eigenvalue weighted by Crippen LogP contribution is -2.10. The van der Waals surface area contributed by atoms with Crippen molar-refractivity contribution in [1.82, 2.24) is 9.97 Å². The second-order valence-corrected chi connectivity index (χ2v) is 9.78. The number of hydrogen-bond donors (Lipinski definition) is 1. The Morgan fingerprint density at radius 1 is 1.03 bits per heavy atom. The molecular formula is C26H27N3O2S. The van der Waals surface area contributed by atoms with Crippen molar-refractivity contribution in [3.8, 4) is 0 Å². The van der Waals surface area contributed by atoms with Gasteiger partial charge >= 0.3 is 5.97 Å². The van der Waals surface area contributed by atoms with Gasteiger partial charge in [-0.2, -0.15) is 0 Å². The Morgan fingerprint density at radius 3 is 2.44 bits per heavy atom. The number of thiophene rings is 1. The van der Waals surface area contributed by atoms with Crippen LogP contribution in [0.5, 0.6) is 0 Å². The summed E-state index contributed by atoms with van der Waals surface area (Å²) in [4.78, 5) is 22.9. The molecule has 0 aliphatic rings. The van der Waals surface area contributed by atoms with Crippen LogP contribution in [0.15, 0.2) is 60.9 Å². The van der Waals surface area contributed by atoms with Crippen LogP contribution in [0, 0.1) is 6.92 Å². The minimum atomic E-state index is -0.318. The number of fused-ring (bicyclic) bond motifs is 1. The number of aromatic nitrogens is 2. The van der Waals surface area contributed by atoms with Gasteiger partial charge in [-0.15, -0.1) is 11.3 Å². The van der Waals surface area contributed by atoms with Crippen molar-refractivity contribution in [1.29, 1.82) is 0 Å². The summed E-state index contributed by atoms with van der Waals surface area (Å²) < 4.78 is 5.55. The predicted molar refractivity (Wildman–Crippen MR) is 131 cm³/mol. The molecule has 0 aliphatic carbocycles. The second kappa shape index (κ2) is 9.09. The molecule has 1 N–H and O–H groups in total. The van der Waals surface area contributed by atoms with E-state index in [1.165, 1.54) is 23.2 Å². The van der Waals surface area contributed by atoms with E-state index in [1.807, 2.05) is 37.3 Å². The molecule has 2 aromatic carbocycles. The van der Waals surface area contributed by atoms with Gasteiger partial charge in [-0.1, -0.05) is 63.2 Å². The van der Waals surface area contributed by atoms with Gasteiger partial charge in [0.2, 0.25) is 0 Å². The van der Waals surface area contributed by atoms with E-state index in [-0.39, 0.29) is 11.4 Å². The van der Waals surface area contributed by atoms with Crippen molar-refractivity contribution >= 4 is 39.0 Å². The number of anilines is 2. The van der Waals surface area contributed by atoms with Gasteiger partial charge in [0.25, 0.3) is 0 Å². The van der Waals surface area contributed by atoms with E-state index >= 15 is 0 Å². The number of carbonyl (C=O) groups excluding carboxylic acids is 1. The van der Waals surface area contributed by atoms with Crippen LogP contribution in [0.3, 0.4) is 0 Å². The number of aryl methyl sites for hydroxylation is 1. The molecule has 0 radical (unpaired) electrons. The van der Waals surface area contributed by atoms with Crippen LogP contribution in [0.4, 0.5) is 11.5 Å². The molecule has 0 fully saturated rings. The molecule has 2 aromatic heterocycles. The predicted octanol–water partition coefficient (Wildman–Crippen LogP) is 6.44. The molecule has 2 heterocycles. The average Bonchev–Trinajstić information content (AvgIpc) is 3.12. The van der Waals surface area contributed by atoms with Crippen LogP contribution < -0.4 is 5.32 Å². The molecule has 0 saturated heterocycles. The zero-order chi connectivity index (χ0) is 22.7. The fourth-order valence-electron chi connectivity index (χ4n) is 3.52. The number of esters is 1. The van der Waals surface area contributed by atoms with E-state index in [4.69, 9.17) is 4.74 Å². The van der Waals surface area contributed by atoms with E-state index in [1.54, 1.807) is 0 Å². The van der Waals surface area contributed by atoms with Crippen molar-refractivity contribution in [2.24, 2.45) is 0 Å². The molecule has 5 nitrogen and oxygen atoms in total. The highest BCUT2D eigenvalue weighted by atomic mass is 32.1. The molecule has 4 aromatic rings. The van der Waals surface area contributed by atoms with E-state index in [2.05, 4.69) is 60.3 Å². The minimum Gasteiger partial charge on any atom is -0.461 e. The molecule has 6 heteroatoms. The number of nitrogens with zero attached hydrogens (tertiary/aromatic N) is 2. The summed E-state index contributed by atoms with van der Waals surface area (Å²) in [7, 11) is 0. The van der Waals surface area contributed by atoms with Crippen molar-refractivity contribution in [3.05, 3.63) is 82.5 Å². The summed E-state index contributed by atoms with van der Waals surface area (Å²) >= 11 is 1.34. The molecule has 164 valence electrons. The van der Waals surface area contributed by atoms with Gasteiger partial charge in [-0.25, -0.2) is 14.8 Å². The normalized spacial score (nSPS) is 11.5. The highest BCUT2D eigenvalue weighted by Crippen LogP contribution is 2.35. The third-order valence-corrected chi connectivity index (χ3v) is 6.57. The second-order valence-electron chi connectivity index (χ2n) is 8.78. The molecule has 0 amide bonds. The zero-order valence-corrected chi connectivity index (χ0v) is 19.6. The fourth-order valence-corrected chi connectivity index (χ4v) is 4.57. The minimum absolute atomic E-state index is 0.0977. The van der Waals surface area contributed by atoms with E-state index < -0.39 is 0 Å². The maximum atomic E-state index is 12.7. The lowest BCUT2D eigenvalue weighted by atomic mass is 9.87. The van der Waals surface area contributed by atoms with Crippen LogP contribution in [-0.2, 0) is 16.6 Å². The van der Waals surface area contributed by atoms with Crippen LogP contribution >= 0.6 is 11.3 Å². The molecule has 0 atom stereocenters. The topological polar surface area (TPSA) is 64.1 Å². The van der Waals surface area contributed by atoms with Gasteiger partial charge in [-0.05, 0) is 41.2 Å². The molecular weight excluding hydrogens is 418 g/mol. The molecule has 4 rings (SSSR count). The fraction of sp³-hybridized carbons (Fsp3) is 0.269. The van der Waals surface area contributed by atoms with Crippen molar-refractivity contribution in [2.75, 3.05) is 11.9 Å². The number of nitrogens with one attached hydrogen (secondary N) is 1. The molecule has 0 spiro atoms. The largest absolute Gasteiger partial charge is 0.461 e. The first kappa shape index (κ1) is 22.0. The highest BCUT2D eigenvalue weighted by Gasteiger charge is 2.21. The number of hydrogen-bond acceptors (Lipinski definition) is 6. The standard InChI is InChI=1S/C26H27N3O2S/c1-17-21-23(29-20-12-10-19(11-13-20)26(2,3)4)27-16-28-24(21)32-22(17)25(30)31-15-14-18-8-6-5-7-9-18/h5-13,16H,14-15H2,1-4H3,(H,27,28,29). The third-order valence-electron chi connectivity index (χ3n) is 5.39. The maximum Gasteiger partial charge on any atom is 0.348 e. The van der Waals surface area contributed by atoms with Crippen molar-refractivity contribution in [3.63, 3.8) is 0 Å². The first-order chi connectivity index (χ1) is 15.3. The summed E-state index contributed by atoms with van der Waals surface area (Å²) in [5, 5.41) is 4.24. The summed E-state index contributed by atoms with van der Waals surface area (Å²) in [5.74, 6) is 0.373. The Labute approximate surface area is 192 Å². The first-order valence-corrected chi connectivity index (χ1v) is 11.5. The Morgan fingerprint density at radius 2 is 1.75 bits per heavy atom. The smallest absolute Gasteiger partial charge is 0.348 e. The summed E-state index contributed by atoms with van der Waals surface area (Å²) in [6.45, 7) is 8.84. The summed E-state index contributed by atoms with van der Waals surface area (Å²) in [6, 6.07) is 18.3. The van der Waals surface area contributed by atoms with E-state index in [0.29, 0.717) is 23.7 Å². The van der Waals surface area contributed by atoms with E-state index in [0.717, 1.165) is 27.0 Å². The average molecular weight is 446 g/mol. The van der Waals surface area contributed by atoms with Crippen LogP contribution in [0.25, 0.3) is 10.2 Å². The number of ether oxygens (including phenoxy) is 1. The van der Waals surface area contributed by atoms with Gasteiger partial charge in [0.1, 0.15) is 21.9 Å². The molecule has 0 aliphatic heterocycles. The number of carbonyl (C=O) groups is 1. The number of rotatable bonds is 6. The van der Waals surface area contributed by atoms with Crippen LogP contribution in [-0.4, -0.2) is 22.5 Å². The van der Waals surface area contributed by atoms with Gasteiger partial charge < -0.3 is 10.1 Å². The van der Waals surface area contributed by atoms with Crippen LogP contribution in [0.1, 0.15) is 47.1 Å². The van der Waals surface area contributed by atoms with Gasteiger partial charge in [-0.3, -0.25) is 0 Å². The third kappa shape index (κ3) is 4.81. The molecule has 0 unspecified atom stereocenters. The Kier molecular flexibility index (Phi) is 6.24. The zero-order valence-electron chi connectivity index (χ0n) is 18.8. The highest BCUT2D eigenvalue weighted by molar-refractivity contribution is 7.20. The van der Waals surface area contributed by atoms with Crippen LogP contribution in [0.2, 0.25) is 0 Å². The first-order valence-electron chi connectivity index (χ1n) is 10.7. The molecule has 0 saturated carbocycles. The Bertz CT molecular complexity index is 1230. The van der Waals surface area contributed by atoms with E-state index in [9.17, 15) is 4.79 Å². The maximum absolute atomic E-state index is 12.7. The lowest BCUT2D eigenvalue weighted by Gasteiger charge is -2.19. The Hall–Kier alpha value is -3.25. The molecule has 0 bridgehead atoms. The summed E-state index contributed by atoms with van der Waals surface area (Å²) in [5.41, 5.74) is 4.28. The summed E-state index contributed by atoms with van der Waals surface area (Å²) in [6.07, 6.45) is 2.21. The van der Waals surface area contributed by atoms with Gasteiger partial charge in [0.05, 0.1) is 12.0 Å². The monoisotopic (exact) mass is 445 g/mol.